The average molecular weight is 678 g/mol. The Labute approximate surface area is 295 Å². The number of carbonyl (C=O) groups excluding carboxylic acids is 2. The van der Waals surface area contributed by atoms with Gasteiger partial charge in [0, 0.05) is 68.5 Å². The summed E-state index contributed by atoms with van der Waals surface area (Å²) in [7, 11) is 1.72. The summed E-state index contributed by atoms with van der Waals surface area (Å²) in [5.74, 6) is 0.0963. The maximum absolute atomic E-state index is 13.4. The Morgan fingerprint density at radius 2 is 1.68 bits per heavy atom. The van der Waals surface area contributed by atoms with E-state index in [1.54, 1.807) is 29.9 Å². The number of anilines is 3. The molecule has 264 valence electrons. The van der Waals surface area contributed by atoms with Crippen molar-refractivity contribution in [1.29, 1.82) is 0 Å². The first-order chi connectivity index (χ1) is 23.9. The van der Waals surface area contributed by atoms with Crippen molar-refractivity contribution in [2.75, 3.05) is 43.4 Å². The number of aryl methyl sites for hydroxylation is 1. The molecule has 2 amide bonds. The Kier molecular flexibility index (Phi) is 11.5. The molecule has 1 aromatic heterocycles. The molecule has 10 nitrogen and oxygen atoms in total. The second-order valence-electron chi connectivity index (χ2n) is 14.1. The Bertz CT molecular complexity index is 1860. The van der Waals surface area contributed by atoms with E-state index in [0.29, 0.717) is 30.0 Å². The molecule has 4 aromatic rings. The Hall–Kier alpha value is -4.80. The summed E-state index contributed by atoms with van der Waals surface area (Å²) >= 11 is 0. The first-order valence-corrected chi connectivity index (χ1v) is 17.6. The summed E-state index contributed by atoms with van der Waals surface area (Å²) in [6.45, 7) is 17.3. The number of amides is 2. The number of rotatable bonds is 11. The number of piperazine rings is 1. The SMILES string of the molecule is CCCNC(=O)C1CN(CC)CCN1Cc1ccc(Nc2nc(-c3c(C(C)(C)C)ccc(NC(=O)c4ccccc4)c3C)cn(C)c2=O)cc1. The highest BCUT2D eigenvalue weighted by atomic mass is 16.2. The fourth-order valence-electron chi connectivity index (χ4n) is 6.43. The minimum Gasteiger partial charge on any atom is -0.355 e. The third-order valence-corrected chi connectivity index (χ3v) is 9.36. The van der Waals surface area contributed by atoms with E-state index in [-0.39, 0.29) is 34.6 Å². The van der Waals surface area contributed by atoms with E-state index in [1.165, 1.54) is 0 Å². The molecule has 1 unspecified atom stereocenters. The zero-order valence-corrected chi connectivity index (χ0v) is 30.5. The molecule has 1 saturated heterocycles. The van der Waals surface area contributed by atoms with Gasteiger partial charge in [0.1, 0.15) is 6.04 Å². The lowest BCUT2D eigenvalue weighted by atomic mass is 9.81. The number of nitrogens with one attached hydrogen (secondary N) is 3. The van der Waals surface area contributed by atoms with Crippen molar-refractivity contribution in [3.05, 3.63) is 106 Å². The number of nitrogens with zero attached hydrogens (tertiary/aromatic N) is 4. The van der Waals surface area contributed by atoms with Crippen LogP contribution in [0.4, 0.5) is 17.2 Å². The van der Waals surface area contributed by atoms with Crippen molar-refractivity contribution < 1.29 is 9.59 Å². The van der Waals surface area contributed by atoms with E-state index in [4.69, 9.17) is 4.98 Å². The molecule has 50 heavy (non-hydrogen) atoms. The van der Waals surface area contributed by atoms with E-state index in [9.17, 15) is 14.4 Å². The van der Waals surface area contributed by atoms with Gasteiger partial charge >= 0.3 is 0 Å². The van der Waals surface area contributed by atoms with Crippen LogP contribution < -0.4 is 21.5 Å². The Morgan fingerprint density at radius 3 is 2.34 bits per heavy atom. The van der Waals surface area contributed by atoms with E-state index in [2.05, 4.69) is 60.4 Å². The topological polar surface area (TPSA) is 112 Å². The normalized spacial score (nSPS) is 15.5. The second kappa shape index (κ2) is 15.8. The van der Waals surface area contributed by atoms with Gasteiger partial charge in [0.15, 0.2) is 5.82 Å². The summed E-state index contributed by atoms with van der Waals surface area (Å²) in [5.41, 5.74) is 6.01. The maximum Gasteiger partial charge on any atom is 0.293 e. The summed E-state index contributed by atoms with van der Waals surface area (Å²) in [4.78, 5) is 49.0. The predicted molar refractivity (Wildman–Crippen MR) is 202 cm³/mol. The maximum atomic E-state index is 13.4. The van der Waals surface area contributed by atoms with Crippen LogP contribution in [0.15, 0.2) is 77.7 Å². The van der Waals surface area contributed by atoms with Gasteiger partial charge in [0.05, 0.1) is 5.69 Å². The third kappa shape index (κ3) is 8.49. The molecule has 1 fully saturated rings. The fraction of sp³-hybridized carbons (Fsp3) is 0.400. The Morgan fingerprint density at radius 1 is 0.960 bits per heavy atom. The lowest BCUT2D eigenvalue weighted by molar-refractivity contribution is -0.129. The summed E-state index contributed by atoms with van der Waals surface area (Å²) in [6, 6.07) is 20.9. The van der Waals surface area contributed by atoms with Crippen LogP contribution in [0.5, 0.6) is 0 Å². The van der Waals surface area contributed by atoms with Gasteiger partial charge in [-0.3, -0.25) is 19.3 Å². The molecule has 3 N–H and O–H groups in total. The first-order valence-electron chi connectivity index (χ1n) is 17.6. The number of carbonyl (C=O) groups is 2. The predicted octanol–water partition coefficient (Wildman–Crippen LogP) is 6.08. The van der Waals surface area contributed by atoms with Crippen LogP contribution in [0, 0.1) is 6.92 Å². The largest absolute Gasteiger partial charge is 0.355 e. The van der Waals surface area contributed by atoms with E-state index >= 15 is 0 Å². The van der Waals surface area contributed by atoms with Gasteiger partial charge < -0.3 is 25.4 Å². The van der Waals surface area contributed by atoms with Crippen LogP contribution >= 0.6 is 0 Å². The van der Waals surface area contributed by atoms with Gasteiger partial charge in [0.25, 0.3) is 11.5 Å². The Balaban J connectivity index is 1.40. The van der Waals surface area contributed by atoms with Gasteiger partial charge in [-0.2, -0.15) is 0 Å². The molecule has 3 aromatic carbocycles. The van der Waals surface area contributed by atoms with Crippen molar-refractivity contribution >= 4 is 29.0 Å². The standard InChI is InChI=1S/C40H51N7O3/c1-8-21-41-38(49)34-26-46(9-2)22-23-47(34)24-28-15-17-30(18-16-28)42-36-39(50)45(7)25-33(43-36)35-27(3)32(20-19-31(35)40(4,5)6)44-37(48)29-13-11-10-12-14-29/h10-20,25,34H,8-9,21-24,26H2,1-7H3,(H,41,49)(H,42,43)(H,44,48). The number of aromatic nitrogens is 2. The van der Waals surface area contributed by atoms with E-state index in [0.717, 1.165) is 60.5 Å². The van der Waals surface area contributed by atoms with Gasteiger partial charge in [-0.25, -0.2) is 4.98 Å². The lowest BCUT2D eigenvalue weighted by Gasteiger charge is -2.40. The average Bonchev–Trinajstić information content (AvgIpc) is 3.10. The molecule has 1 atom stereocenters. The van der Waals surface area contributed by atoms with Crippen molar-refractivity contribution in [2.45, 2.75) is 66.0 Å². The van der Waals surface area contributed by atoms with Crippen LogP contribution in [0.1, 0.15) is 68.1 Å². The quantitative estimate of drug-likeness (QED) is 0.177. The zero-order valence-electron chi connectivity index (χ0n) is 30.5. The van der Waals surface area contributed by atoms with Crippen LogP contribution in [0.2, 0.25) is 0 Å². The number of hydrogen-bond donors (Lipinski definition) is 3. The minimum atomic E-state index is -0.254. The molecule has 1 aliphatic rings. The van der Waals surface area contributed by atoms with E-state index < -0.39 is 0 Å². The molecular weight excluding hydrogens is 626 g/mol. The summed E-state index contributed by atoms with van der Waals surface area (Å²) < 4.78 is 1.54. The third-order valence-electron chi connectivity index (χ3n) is 9.36. The number of likely N-dealkylation sites (N-methyl/N-ethyl adjacent to an activating group) is 1. The fourth-order valence-corrected chi connectivity index (χ4v) is 6.43. The first kappa shape index (κ1) is 36.5. The van der Waals surface area contributed by atoms with Crippen molar-refractivity contribution in [3.63, 3.8) is 0 Å². The highest BCUT2D eigenvalue weighted by Crippen LogP contribution is 2.38. The van der Waals surface area contributed by atoms with Crippen LogP contribution in [0.3, 0.4) is 0 Å². The summed E-state index contributed by atoms with van der Waals surface area (Å²) in [6.07, 6.45) is 2.66. The van der Waals surface area contributed by atoms with Gasteiger partial charge in [0.2, 0.25) is 5.91 Å². The molecule has 5 rings (SSSR count). The molecule has 0 bridgehead atoms. The zero-order chi connectivity index (χ0) is 36.0. The second-order valence-corrected chi connectivity index (χ2v) is 14.1. The molecule has 0 spiro atoms. The highest BCUT2D eigenvalue weighted by molar-refractivity contribution is 6.05. The van der Waals surface area contributed by atoms with Crippen LogP contribution in [-0.4, -0.2) is 69.9 Å². The smallest absolute Gasteiger partial charge is 0.293 e. The highest BCUT2D eigenvalue weighted by Gasteiger charge is 2.31. The van der Waals surface area contributed by atoms with Gasteiger partial charge in [-0.05, 0) is 72.3 Å². The molecule has 0 saturated carbocycles. The molecule has 10 heteroatoms. The van der Waals surface area contributed by atoms with Gasteiger partial charge in [-0.15, -0.1) is 0 Å². The van der Waals surface area contributed by atoms with E-state index in [1.807, 2.05) is 61.5 Å². The molecular formula is C40H51N7O3. The number of benzene rings is 3. The van der Waals surface area contributed by atoms with Gasteiger partial charge in [-0.1, -0.05) is 71.0 Å². The number of hydrogen-bond acceptors (Lipinski definition) is 7. The molecule has 1 aliphatic heterocycles. The molecule has 0 radical (unpaired) electrons. The minimum absolute atomic E-state index is 0.0825. The lowest BCUT2D eigenvalue weighted by Crippen LogP contribution is -2.58. The van der Waals surface area contributed by atoms with Crippen LogP contribution in [0.25, 0.3) is 11.3 Å². The molecule has 0 aliphatic carbocycles. The van der Waals surface area contributed by atoms with Crippen molar-refractivity contribution in [3.8, 4) is 11.3 Å². The van der Waals surface area contributed by atoms with Crippen molar-refractivity contribution in [1.82, 2.24) is 24.7 Å². The molecule has 2 heterocycles. The summed E-state index contributed by atoms with van der Waals surface area (Å²) in [5, 5.41) is 9.42. The van der Waals surface area contributed by atoms with Crippen molar-refractivity contribution in [2.24, 2.45) is 7.05 Å². The van der Waals surface area contributed by atoms with Crippen LogP contribution in [-0.2, 0) is 23.8 Å². The monoisotopic (exact) mass is 677 g/mol.